The van der Waals surface area contributed by atoms with Crippen LogP contribution < -0.4 is 0 Å². The van der Waals surface area contributed by atoms with Crippen LogP contribution in [0.3, 0.4) is 0 Å². The third-order valence-corrected chi connectivity index (χ3v) is 4.76. The smallest absolute Gasteiger partial charge is 0.0845 e. The predicted molar refractivity (Wildman–Crippen MR) is 123 cm³/mol. The largest absolute Gasteiger partial charge is 0.370 e. The lowest BCUT2D eigenvalue weighted by molar-refractivity contribution is 0.357. The van der Waals surface area contributed by atoms with Crippen molar-refractivity contribution in [3.8, 4) is 0 Å². The SMILES string of the molecule is C.C1=CCC/C=C/CC/C=C/CC1.C1=CCCC2OC2CC/C=C/CC1.[2H]C([2H])[3H]. The van der Waals surface area contributed by atoms with Gasteiger partial charge in [0, 0.05) is 4.11 Å². The molecule has 0 aromatic rings. The van der Waals surface area contributed by atoms with E-state index >= 15 is 0 Å². The van der Waals surface area contributed by atoms with Crippen LogP contribution in [0.2, 0.25) is 0 Å². The molecule has 2 unspecified atom stereocenters. The molecule has 154 valence electrons. The van der Waals surface area contributed by atoms with Gasteiger partial charge in [-0.1, -0.05) is 75.5 Å². The Morgan fingerprint density at radius 3 is 1.04 bits per heavy atom. The molecule has 27 heavy (non-hydrogen) atoms. The topological polar surface area (TPSA) is 12.5 Å². The van der Waals surface area contributed by atoms with Gasteiger partial charge in [0.25, 0.3) is 0 Å². The molecule has 1 fully saturated rings. The maximum Gasteiger partial charge on any atom is 0.0845 e. The van der Waals surface area contributed by atoms with Crippen LogP contribution in [0.5, 0.6) is 0 Å². The zero-order valence-electron chi connectivity index (χ0n) is 19.4. The third-order valence-electron chi connectivity index (χ3n) is 4.76. The Morgan fingerprint density at radius 1 is 0.556 bits per heavy atom. The molecule has 0 aromatic heterocycles. The molecular formula is C26H44O. The van der Waals surface area contributed by atoms with Crippen LogP contribution in [-0.4, -0.2) is 12.2 Å². The third kappa shape index (κ3) is 14.4. The maximum absolute atomic E-state index is 5.92. The lowest BCUT2D eigenvalue weighted by Crippen LogP contribution is -1.93. The zero-order valence-corrected chi connectivity index (χ0v) is 16.4. The first kappa shape index (κ1) is 20.4. The summed E-state index contributed by atoms with van der Waals surface area (Å²) in [5.41, 5.74) is 0. The first-order valence-electron chi connectivity index (χ1n) is 12.1. The number of ether oxygens (including phenoxy) is 1. The van der Waals surface area contributed by atoms with Crippen LogP contribution in [0.25, 0.3) is 0 Å². The molecule has 0 radical (unpaired) electrons. The van der Waals surface area contributed by atoms with E-state index in [1.54, 1.807) is 0 Å². The van der Waals surface area contributed by atoms with Crippen molar-refractivity contribution in [2.45, 2.75) is 104 Å². The number of rotatable bonds is 0. The molecule has 2 atom stereocenters. The molecule has 1 heteroatoms. The molecule has 1 saturated heterocycles. The Balaban J connectivity index is 0.000000466. The summed E-state index contributed by atoms with van der Waals surface area (Å²) in [6.45, 7) is 0. The van der Waals surface area contributed by atoms with Crippen LogP contribution in [0.1, 0.15) is 95.9 Å². The van der Waals surface area contributed by atoms with E-state index < -0.39 is 7.35 Å². The van der Waals surface area contributed by atoms with Crippen LogP contribution in [0, 0.1) is 0 Å². The van der Waals surface area contributed by atoms with Crippen molar-refractivity contribution in [1.29, 1.82) is 0 Å². The average molecular weight is 377 g/mol. The second kappa shape index (κ2) is 18.0. The average Bonchev–Trinajstić information content (AvgIpc) is 3.40. The van der Waals surface area contributed by atoms with E-state index in [0.29, 0.717) is 12.2 Å². The quantitative estimate of drug-likeness (QED) is 0.305. The van der Waals surface area contributed by atoms with Gasteiger partial charge in [0.15, 0.2) is 0 Å². The van der Waals surface area contributed by atoms with Gasteiger partial charge in [-0.15, -0.1) is 0 Å². The normalized spacial score (nSPS) is 30.5. The first-order valence-corrected chi connectivity index (χ1v) is 10.4. The Kier molecular flexibility index (Phi) is 13.6. The molecule has 1 nitrogen and oxygen atoms in total. The summed E-state index contributed by atoms with van der Waals surface area (Å²) in [5.74, 6) is 0. The molecular weight excluding hydrogens is 328 g/mol. The minimum atomic E-state index is -1.42. The van der Waals surface area contributed by atoms with Crippen molar-refractivity contribution in [1.82, 2.24) is 0 Å². The van der Waals surface area contributed by atoms with Crippen molar-refractivity contribution in [2.75, 3.05) is 0 Å². The molecule has 0 saturated carbocycles. The number of hydrogen-bond acceptors (Lipinski definition) is 1. The minimum absolute atomic E-state index is 0. The summed E-state index contributed by atoms with van der Waals surface area (Å²) < 4.78 is 23.3. The molecule has 3 rings (SSSR count). The van der Waals surface area contributed by atoms with Gasteiger partial charge >= 0.3 is 0 Å². The van der Waals surface area contributed by atoms with Crippen LogP contribution in [0.4, 0.5) is 0 Å². The van der Waals surface area contributed by atoms with Crippen molar-refractivity contribution in [2.24, 2.45) is 0 Å². The van der Waals surface area contributed by atoms with E-state index in [2.05, 4.69) is 60.8 Å². The zero-order chi connectivity index (χ0) is 21.0. The Bertz CT molecular complexity index is 444. The Hall–Kier alpha value is -1.34. The monoisotopic (exact) mass is 376 g/mol. The van der Waals surface area contributed by atoms with Crippen molar-refractivity contribution < 1.29 is 8.85 Å². The molecule has 0 N–H and O–H groups in total. The van der Waals surface area contributed by atoms with Crippen LogP contribution >= 0.6 is 0 Å². The summed E-state index contributed by atoms with van der Waals surface area (Å²) in [5, 5.41) is 0. The molecule has 0 amide bonds. The van der Waals surface area contributed by atoms with Gasteiger partial charge < -0.3 is 4.74 Å². The fourth-order valence-electron chi connectivity index (χ4n) is 3.16. The van der Waals surface area contributed by atoms with E-state index in [4.69, 9.17) is 8.85 Å². The molecule has 3 aliphatic rings. The molecule has 0 spiro atoms. The molecule has 2 aliphatic carbocycles. The number of hydrogen-bond donors (Lipinski definition) is 0. The lowest BCUT2D eigenvalue weighted by Gasteiger charge is -1.94. The molecule has 0 bridgehead atoms. The summed E-state index contributed by atoms with van der Waals surface area (Å²) in [4.78, 5) is 0. The predicted octanol–water partition coefficient (Wildman–Crippen LogP) is 8.50. The number of fused-ring (bicyclic) bond motifs is 1. The van der Waals surface area contributed by atoms with Gasteiger partial charge in [-0.25, -0.2) is 0 Å². The van der Waals surface area contributed by atoms with E-state index in [-0.39, 0.29) is 7.43 Å². The second-order valence-corrected chi connectivity index (χ2v) is 7.03. The summed E-state index contributed by atoms with van der Waals surface area (Å²) in [6, 6.07) is 0. The highest BCUT2D eigenvalue weighted by atomic mass is 16.6. The highest BCUT2D eigenvalue weighted by Gasteiger charge is 2.36. The first-order chi connectivity index (χ1) is 14.2. The van der Waals surface area contributed by atoms with Crippen molar-refractivity contribution >= 4 is 0 Å². The highest BCUT2D eigenvalue weighted by Crippen LogP contribution is 2.30. The summed E-state index contributed by atoms with van der Waals surface area (Å²) in [6.07, 6.45) is 38.6. The van der Waals surface area contributed by atoms with Gasteiger partial charge in [-0.2, -0.15) is 0 Å². The summed E-state index contributed by atoms with van der Waals surface area (Å²) >= 11 is 0. The van der Waals surface area contributed by atoms with Gasteiger partial charge in [0.1, 0.15) is 0 Å². The second-order valence-electron chi connectivity index (χ2n) is 7.03. The molecule has 0 aromatic carbocycles. The van der Waals surface area contributed by atoms with Gasteiger partial charge in [-0.3, -0.25) is 0 Å². The van der Waals surface area contributed by atoms with Gasteiger partial charge in [-0.05, 0) is 77.0 Å². The minimum Gasteiger partial charge on any atom is -0.370 e. The highest BCUT2D eigenvalue weighted by molar-refractivity contribution is 4.95. The van der Waals surface area contributed by atoms with E-state index in [0.717, 1.165) is 0 Å². The Labute approximate surface area is 174 Å². The Morgan fingerprint density at radius 2 is 0.778 bits per heavy atom. The van der Waals surface area contributed by atoms with Crippen LogP contribution in [0.15, 0.2) is 60.8 Å². The van der Waals surface area contributed by atoms with Gasteiger partial charge in [0.05, 0.1) is 12.2 Å². The van der Waals surface area contributed by atoms with E-state index in [9.17, 15) is 0 Å². The molecule has 1 aliphatic heterocycles. The van der Waals surface area contributed by atoms with Gasteiger partial charge in [0.2, 0.25) is 0 Å². The number of epoxide rings is 1. The number of allylic oxidation sites excluding steroid dienone is 10. The van der Waals surface area contributed by atoms with Crippen LogP contribution in [-0.2, 0) is 4.74 Å². The fourth-order valence-corrected chi connectivity index (χ4v) is 3.16. The lowest BCUT2D eigenvalue weighted by atomic mass is 10.1. The summed E-state index contributed by atoms with van der Waals surface area (Å²) in [7, 11) is -1.42. The maximum atomic E-state index is 5.92. The van der Waals surface area contributed by atoms with Crippen molar-refractivity contribution in [3.63, 3.8) is 0 Å². The van der Waals surface area contributed by atoms with E-state index in [1.165, 1.54) is 77.0 Å². The van der Waals surface area contributed by atoms with E-state index in [1.807, 2.05) is 0 Å². The standard InChI is InChI=1S/C12H18O.C12H18.2CH4/c1-2-4-6-8-10-12-11(13-12)9-7-5-3-1;1-2-4-6-8-10-12-11-9-7-5-3-1;;/h3-6,11-12H,1-2,7-10H2;1-2,7-10H,3-6,11-12H2;2*1H4/b5-3+,6-4?;2-1+,9-7+,10-8?;;/i;;1TD2;. The van der Waals surface area contributed by atoms with Crippen molar-refractivity contribution in [3.05, 3.63) is 60.8 Å². The molecule has 1 heterocycles. The fraction of sp³-hybridized carbons (Fsp3) is 0.615.